The third kappa shape index (κ3) is 1.90. The first-order chi connectivity index (χ1) is 7.93. The zero-order valence-corrected chi connectivity index (χ0v) is 9.96. The van der Waals surface area contributed by atoms with Gasteiger partial charge in [0.1, 0.15) is 5.82 Å². The van der Waals surface area contributed by atoms with Gasteiger partial charge in [-0.3, -0.25) is 0 Å². The molecule has 0 aliphatic carbocycles. The van der Waals surface area contributed by atoms with Crippen LogP contribution in [0.25, 0.3) is 10.1 Å². The van der Waals surface area contributed by atoms with Crippen LogP contribution in [0.15, 0.2) is 23.7 Å². The third-order valence-corrected chi connectivity index (χ3v) is 3.88. The highest BCUT2D eigenvalue weighted by molar-refractivity contribution is 7.17. The Bertz CT molecular complexity index is 474. The van der Waals surface area contributed by atoms with Crippen molar-refractivity contribution in [3.05, 3.63) is 23.7 Å². The van der Waals surface area contributed by atoms with E-state index in [0.29, 0.717) is 0 Å². The molecule has 0 radical (unpaired) electrons. The molecule has 0 aromatic carbocycles. The zero-order valence-electron chi connectivity index (χ0n) is 9.15. The average molecular weight is 233 g/mol. The summed E-state index contributed by atoms with van der Waals surface area (Å²) in [6.45, 7) is 2.25. The highest BCUT2D eigenvalue weighted by Crippen LogP contribution is 2.26. The van der Waals surface area contributed by atoms with Gasteiger partial charge in [-0.15, -0.1) is 11.3 Å². The minimum Gasteiger partial charge on any atom is -0.303 e. The molecule has 4 heteroatoms. The number of piperidine rings is 1. The molecule has 0 unspecified atom stereocenters. The lowest BCUT2D eigenvalue weighted by Crippen LogP contribution is -2.35. The molecule has 0 saturated carbocycles. The van der Waals surface area contributed by atoms with Gasteiger partial charge in [0.25, 0.3) is 0 Å². The molecule has 2 aromatic rings. The number of hydrazine groups is 1. The normalized spacial score (nSPS) is 17.8. The summed E-state index contributed by atoms with van der Waals surface area (Å²) in [5.74, 6) is 1.00. The molecule has 84 valence electrons. The molecule has 0 amide bonds. The van der Waals surface area contributed by atoms with Crippen molar-refractivity contribution < 1.29 is 0 Å². The molecule has 0 bridgehead atoms. The molecule has 0 spiro atoms. The minimum atomic E-state index is 1.00. The van der Waals surface area contributed by atoms with Crippen molar-refractivity contribution in [1.82, 2.24) is 9.99 Å². The lowest BCUT2D eigenvalue weighted by molar-refractivity contribution is 0.272. The van der Waals surface area contributed by atoms with E-state index in [2.05, 4.69) is 32.9 Å². The monoisotopic (exact) mass is 233 g/mol. The Morgan fingerprint density at radius 3 is 2.94 bits per heavy atom. The van der Waals surface area contributed by atoms with Crippen molar-refractivity contribution in [1.29, 1.82) is 0 Å². The maximum absolute atomic E-state index is 4.43. The van der Waals surface area contributed by atoms with Crippen LogP contribution >= 0.6 is 11.3 Å². The average Bonchev–Trinajstić information content (AvgIpc) is 2.80. The predicted octanol–water partition coefficient (Wildman–Crippen LogP) is 3.11. The number of fused-ring (bicyclic) bond motifs is 1. The standard InChI is InChI=1S/C12H15N3S/c1-2-7-15(8-3-1)14-12-10-5-9-16-11(10)4-6-13-12/h4-6,9H,1-3,7-8H2,(H,13,14). The van der Waals surface area contributed by atoms with Crippen molar-refractivity contribution in [3.8, 4) is 0 Å². The Labute approximate surface area is 99.1 Å². The van der Waals surface area contributed by atoms with E-state index in [4.69, 9.17) is 0 Å². The highest BCUT2D eigenvalue weighted by Gasteiger charge is 2.11. The van der Waals surface area contributed by atoms with Crippen LogP contribution in [0.2, 0.25) is 0 Å². The summed E-state index contributed by atoms with van der Waals surface area (Å²) in [6.07, 6.45) is 5.80. The molecule has 1 aliphatic heterocycles. The first-order valence-electron chi connectivity index (χ1n) is 5.77. The van der Waals surface area contributed by atoms with Crippen molar-refractivity contribution in [3.63, 3.8) is 0 Å². The van der Waals surface area contributed by atoms with Gasteiger partial charge >= 0.3 is 0 Å². The second-order valence-electron chi connectivity index (χ2n) is 4.15. The van der Waals surface area contributed by atoms with Crippen LogP contribution in [0.1, 0.15) is 19.3 Å². The molecular weight excluding hydrogens is 218 g/mol. The van der Waals surface area contributed by atoms with E-state index >= 15 is 0 Å². The first kappa shape index (κ1) is 10.1. The molecule has 3 rings (SSSR count). The van der Waals surface area contributed by atoms with Gasteiger partial charge in [0, 0.05) is 29.4 Å². The van der Waals surface area contributed by atoms with Crippen LogP contribution in [-0.4, -0.2) is 23.1 Å². The molecule has 1 fully saturated rings. The Morgan fingerprint density at radius 2 is 2.06 bits per heavy atom. The zero-order chi connectivity index (χ0) is 10.8. The van der Waals surface area contributed by atoms with Gasteiger partial charge in [-0.25, -0.2) is 9.99 Å². The predicted molar refractivity (Wildman–Crippen MR) is 68.7 cm³/mol. The van der Waals surface area contributed by atoms with E-state index in [0.717, 1.165) is 18.9 Å². The number of anilines is 1. The fraction of sp³-hybridized carbons (Fsp3) is 0.417. The summed E-state index contributed by atoms with van der Waals surface area (Å²) in [7, 11) is 0. The fourth-order valence-corrected chi connectivity index (χ4v) is 2.92. The number of nitrogens with one attached hydrogen (secondary N) is 1. The SMILES string of the molecule is c1cc2sccc2c(NN2CCCCC2)n1. The Morgan fingerprint density at radius 1 is 1.19 bits per heavy atom. The molecule has 1 N–H and O–H groups in total. The molecular formula is C12H15N3S. The summed E-state index contributed by atoms with van der Waals surface area (Å²) in [5.41, 5.74) is 3.44. The number of pyridine rings is 1. The second-order valence-corrected chi connectivity index (χ2v) is 5.10. The molecule has 1 aliphatic rings. The third-order valence-electron chi connectivity index (χ3n) is 3.00. The molecule has 0 atom stereocenters. The topological polar surface area (TPSA) is 28.2 Å². The molecule has 3 heterocycles. The fourth-order valence-electron chi connectivity index (χ4n) is 2.14. The van der Waals surface area contributed by atoms with Crippen LogP contribution in [-0.2, 0) is 0 Å². The van der Waals surface area contributed by atoms with Crippen LogP contribution in [0.4, 0.5) is 5.82 Å². The van der Waals surface area contributed by atoms with Crippen molar-refractivity contribution in [2.75, 3.05) is 18.5 Å². The van der Waals surface area contributed by atoms with Gasteiger partial charge in [-0.05, 0) is 30.4 Å². The second kappa shape index (κ2) is 4.39. The van der Waals surface area contributed by atoms with Gasteiger partial charge < -0.3 is 5.43 Å². The maximum Gasteiger partial charge on any atom is 0.149 e. The van der Waals surface area contributed by atoms with E-state index in [9.17, 15) is 0 Å². The quantitative estimate of drug-likeness (QED) is 0.864. The minimum absolute atomic E-state index is 1.00. The lowest BCUT2D eigenvalue weighted by Gasteiger charge is -2.27. The lowest BCUT2D eigenvalue weighted by atomic mass is 10.2. The maximum atomic E-state index is 4.43. The number of thiophene rings is 1. The number of aromatic nitrogens is 1. The summed E-state index contributed by atoms with van der Waals surface area (Å²) in [6, 6.07) is 4.21. The first-order valence-corrected chi connectivity index (χ1v) is 6.65. The molecule has 16 heavy (non-hydrogen) atoms. The van der Waals surface area contributed by atoms with Gasteiger partial charge in [-0.2, -0.15) is 0 Å². The van der Waals surface area contributed by atoms with Gasteiger partial charge in [-0.1, -0.05) is 6.42 Å². The van der Waals surface area contributed by atoms with E-state index in [1.807, 2.05) is 6.20 Å². The van der Waals surface area contributed by atoms with Gasteiger partial charge in [0.05, 0.1) is 0 Å². The summed E-state index contributed by atoms with van der Waals surface area (Å²) >= 11 is 1.76. The van der Waals surface area contributed by atoms with Gasteiger partial charge in [0.2, 0.25) is 0 Å². The van der Waals surface area contributed by atoms with Crippen molar-refractivity contribution >= 4 is 27.2 Å². The van der Waals surface area contributed by atoms with Gasteiger partial charge in [0.15, 0.2) is 0 Å². The van der Waals surface area contributed by atoms with E-state index in [1.165, 1.54) is 29.3 Å². The molecule has 2 aromatic heterocycles. The number of hydrogen-bond acceptors (Lipinski definition) is 4. The highest BCUT2D eigenvalue weighted by atomic mass is 32.1. The van der Waals surface area contributed by atoms with E-state index in [1.54, 1.807) is 11.3 Å². The Hall–Kier alpha value is -1.13. The van der Waals surface area contributed by atoms with Crippen molar-refractivity contribution in [2.45, 2.75) is 19.3 Å². The smallest absolute Gasteiger partial charge is 0.149 e. The summed E-state index contributed by atoms with van der Waals surface area (Å²) < 4.78 is 1.30. The number of hydrogen-bond donors (Lipinski definition) is 1. The number of rotatable bonds is 2. The summed E-state index contributed by atoms with van der Waals surface area (Å²) in [5, 5.41) is 5.63. The van der Waals surface area contributed by atoms with E-state index < -0.39 is 0 Å². The van der Waals surface area contributed by atoms with E-state index in [-0.39, 0.29) is 0 Å². The van der Waals surface area contributed by atoms with Crippen molar-refractivity contribution in [2.24, 2.45) is 0 Å². The largest absolute Gasteiger partial charge is 0.303 e. The number of nitrogens with zero attached hydrogens (tertiary/aromatic N) is 2. The van der Waals surface area contributed by atoms with Crippen LogP contribution in [0.3, 0.4) is 0 Å². The molecule has 1 saturated heterocycles. The van der Waals surface area contributed by atoms with Crippen LogP contribution in [0, 0.1) is 0 Å². The molecule has 3 nitrogen and oxygen atoms in total. The Kier molecular flexibility index (Phi) is 2.76. The van der Waals surface area contributed by atoms with Crippen LogP contribution < -0.4 is 5.43 Å². The Balaban J connectivity index is 1.85. The van der Waals surface area contributed by atoms with Crippen LogP contribution in [0.5, 0.6) is 0 Å². The summed E-state index contributed by atoms with van der Waals surface area (Å²) in [4.78, 5) is 4.43.